The number of hydrogen-bond donors (Lipinski definition) is 1. The second-order valence-corrected chi connectivity index (χ2v) is 2.67. The average Bonchev–Trinajstić information content (AvgIpc) is 2.21. The molecule has 0 atom stereocenters. The third-order valence-corrected chi connectivity index (χ3v) is 1.46. The molecule has 0 aromatic heterocycles. The van der Waals surface area contributed by atoms with Crippen LogP contribution in [0.4, 0.5) is 0 Å². The molecule has 0 amide bonds. The van der Waals surface area contributed by atoms with Crippen LogP contribution in [-0.4, -0.2) is 18.2 Å². The summed E-state index contributed by atoms with van der Waals surface area (Å²) in [7, 11) is 1.70. The van der Waals surface area contributed by atoms with Gasteiger partial charge in [0, 0.05) is 13.5 Å². The van der Waals surface area contributed by atoms with Crippen molar-refractivity contribution in [3.63, 3.8) is 0 Å². The Balaban J connectivity index is 0.000000292. The highest BCUT2D eigenvalue weighted by Crippen LogP contribution is 1.98. The minimum atomic E-state index is -0.745. The highest BCUT2D eigenvalue weighted by Gasteiger charge is 1.84. The maximum Gasteiger partial charge on any atom is 0.303 e. The number of hydrogen-bond acceptors (Lipinski definition) is 2. The number of methoxy groups -OCH3 is 1. The zero-order valence-corrected chi connectivity index (χ0v) is 8.56. The van der Waals surface area contributed by atoms with Gasteiger partial charge in [0.05, 0.1) is 6.61 Å². The molecule has 0 spiro atoms. The van der Waals surface area contributed by atoms with Crippen molar-refractivity contribution >= 4 is 5.97 Å². The molecule has 0 saturated heterocycles. The Bertz CT molecular complexity index is 244. The van der Waals surface area contributed by atoms with E-state index in [-0.39, 0.29) is 6.42 Å². The molecule has 0 saturated carbocycles. The van der Waals surface area contributed by atoms with Gasteiger partial charge in [0.15, 0.2) is 0 Å². The van der Waals surface area contributed by atoms with Crippen LogP contribution in [0.1, 0.15) is 18.9 Å². The molecule has 0 bridgehead atoms. The lowest BCUT2D eigenvalue weighted by molar-refractivity contribution is -0.136. The van der Waals surface area contributed by atoms with Crippen LogP contribution in [-0.2, 0) is 16.1 Å². The van der Waals surface area contributed by atoms with Gasteiger partial charge in [0.2, 0.25) is 0 Å². The molecule has 1 N–H and O–H groups in total. The van der Waals surface area contributed by atoms with Crippen LogP contribution in [0.25, 0.3) is 0 Å². The summed E-state index contributed by atoms with van der Waals surface area (Å²) in [5.74, 6) is -0.745. The van der Waals surface area contributed by atoms with E-state index < -0.39 is 5.97 Å². The third kappa shape index (κ3) is 7.31. The van der Waals surface area contributed by atoms with E-state index in [1.54, 1.807) is 14.0 Å². The quantitative estimate of drug-likeness (QED) is 0.807. The van der Waals surface area contributed by atoms with Crippen molar-refractivity contribution in [2.75, 3.05) is 7.11 Å². The van der Waals surface area contributed by atoms with Crippen molar-refractivity contribution < 1.29 is 14.6 Å². The van der Waals surface area contributed by atoms with E-state index in [0.717, 1.165) is 0 Å². The first-order valence-electron chi connectivity index (χ1n) is 4.45. The topological polar surface area (TPSA) is 46.5 Å². The van der Waals surface area contributed by atoms with E-state index >= 15 is 0 Å². The standard InChI is InChI=1S/C8H10O.C3H6O2/c1-9-7-8-5-3-2-4-6-8;1-2-3(4)5/h2-6H,7H2,1H3;2H2,1H3,(H,4,5). The van der Waals surface area contributed by atoms with E-state index in [2.05, 4.69) is 0 Å². The summed E-state index contributed by atoms with van der Waals surface area (Å²) in [4.78, 5) is 9.37. The first-order chi connectivity index (χ1) is 6.70. The Morgan fingerprint density at radius 1 is 1.36 bits per heavy atom. The highest BCUT2D eigenvalue weighted by molar-refractivity contribution is 5.66. The van der Waals surface area contributed by atoms with Gasteiger partial charge in [0.1, 0.15) is 0 Å². The zero-order chi connectivity index (χ0) is 10.8. The second-order valence-electron chi connectivity index (χ2n) is 2.67. The summed E-state index contributed by atoms with van der Waals surface area (Å²) in [5.41, 5.74) is 1.22. The minimum absolute atomic E-state index is 0.222. The Labute approximate surface area is 84.3 Å². The van der Waals surface area contributed by atoms with Crippen molar-refractivity contribution in [1.29, 1.82) is 0 Å². The zero-order valence-electron chi connectivity index (χ0n) is 8.56. The van der Waals surface area contributed by atoms with E-state index in [1.807, 2.05) is 30.3 Å². The molecule has 0 unspecified atom stereocenters. The van der Waals surface area contributed by atoms with Gasteiger partial charge in [-0.25, -0.2) is 0 Å². The molecule has 1 aromatic rings. The van der Waals surface area contributed by atoms with Crippen molar-refractivity contribution in [2.45, 2.75) is 20.0 Å². The molecular weight excluding hydrogens is 180 g/mol. The molecule has 1 aromatic carbocycles. The molecular formula is C11H16O3. The van der Waals surface area contributed by atoms with Gasteiger partial charge in [-0.1, -0.05) is 37.3 Å². The van der Waals surface area contributed by atoms with E-state index in [9.17, 15) is 4.79 Å². The van der Waals surface area contributed by atoms with Gasteiger partial charge >= 0.3 is 5.97 Å². The molecule has 0 aliphatic rings. The largest absolute Gasteiger partial charge is 0.481 e. The summed E-state index contributed by atoms with van der Waals surface area (Å²) in [6, 6.07) is 10.1. The number of benzene rings is 1. The summed E-state index contributed by atoms with van der Waals surface area (Å²) in [6.07, 6.45) is 0.222. The van der Waals surface area contributed by atoms with Gasteiger partial charge in [-0.05, 0) is 5.56 Å². The van der Waals surface area contributed by atoms with Crippen LogP contribution in [0, 0.1) is 0 Å². The predicted octanol–water partition coefficient (Wildman–Crippen LogP) is 2.31. The summed E-state index contributed by atoms with van der Waals surface area (Å²) >= 11 is 0. The predicted molar refractivity (Wildman–Crippen MR) is 55.1 cm³/mol. The Morgan fingerprint density at radius 2 is 1.86 bits per heavy atom. The summed E-state index contributed by atoms with van der Waals surface area (Å²) in [6.45, 7) is 2.31. The van der Waals surface area contributed by atoms with Crippen molar-refractivity contribution in [2.24, 2.45) is 0 Å². The van der Waals surface area contributed by atoms with Crippen LogP contribution in [0.3, 0.4) is 0 Å². The van der Waals surface area contributed by atoms with Gasteiger partial charge in [-0.3, -0.25) is 4.79 Å². The molecule has 3 nitrogen and oxygen atoms in total. The molecule has 3 heteroatoms. The van der Waals surface area contributed by atoms with Crippen LogP contribution in [0.15, 0.2) is 30.3 Å². The lowest BCUT2D eigenvalue weighted by Crippen LogP contribution is -1.86. The van der Waals surface area contributed by atoms with Gasteiger partial charge in [-0.2, -0.15) is 0 Å². The fourth-order valence-electron chi connectivity index (χ4n) is 0.741. The summed E-state index contributed by atoms with van der Waals surface area (Å²) < 4.78 is 4.93. The third-order valence-electron chi connectivity index (χ3n) is 1.46. The Morgan fingerprint density at radius 3 is 2.21 bits per heavy atom. The van der Waals surface area contributed by atoms with Crippen LogP contribution >= 0.6 is 0 Å². The van der Waals surface area contributed by atoms with Gasteiger partial charge in [0.25, 0.3) is 0 Å². The SMILES string of the molecule is CCC(=O)O.COCc1ccccc1. The molecule has 0 aliphatic heterocycles. The first kappa shape index (κ1) is 12.7. The van der Waals surface area contributed by atoms with Crippen LogP contribution in [0.5, 0.6) is 0 Å². The molecule has 0 radical (unpaired) electrons. The number of carboxylic acid groups (broad SMARTS) is 1. The number of ether oxygens (including phenoxy) is 1. The van der Waals surface area contributed by atoms with E-state index in [0.29, 0.717) is 6.61 Å². The smallest absolute Gasteiger partial charge is 0.303 e. The van der Waals surface area contributed by atoms with Crippen LogP contribution in [0.2, 0.25) is 0 Å². The maximum atomic E-state index is 9.37. The average molecular weight is 196 g/mol. The maximum absolute atomic E-state index is 9.37. The molecule has 78 valence electrons. The number of carbonyl (C=O) groups is 1. The van der Waals surface area contributed by atoms with E-state index in [1.165, 1.54) is 5.56 Å². The van der Waals surface area contributed by atoms with Gasteiger partial charge < -0.3 is 9.84 Å². The number of carboxylic acids is 1. The van der Waals surface area contributed by atoms with Gasteiger partial charge in [-0.15, -0.1) is 0 Å². The van der Waals surface area contributed by atoms with Crippen molar-refractivity contribution in [3.8, 4) is 0 Å². The van der Waals surface area contributed by atoms with Crippen LogP contribution < -0.4 is 0 Å². The monoisotopic (exact) mass is 196 g/mol. The first-order valence-corrected chi connectivity index (χ1v) is 4.45. The molecule has 0 aliphatic carbocycles. The van der Waals surface area contributed by atoms with Crippen molar-refractivity contribution in [1.82, 2.24) is 0 Å². The molecule has 0 heterocycles. The summed E-state index contributed by atoms with van der Waals surface area (Å²) in [5, 5.41) is 7.72. The minimum Gasteiger partial charge on any atom is -0.481 e. The Hall–Kier alpha value is -1.35. The van der Waals surface area contributed by atoms with Crippen molar-refractivity contribution in [3.05, 3.63) is 35.9 Å². The lowest BCUT2D eigenvalue weighted by Gasteiger charge is -1.95. The highest BCUT2D eigenvalue weighted by atomic mass is 16.5. The molecule has 0 fully saturated rings. The number of aliphatic carboxylic acids is 1. The van der Waals surface area contributed by atoms with E-state index in [4.69, 9.17) is 9.84 Å². The Kier molecular flexibility index (Phi) is 7.46. The lowest BCUT2D eigenvalue weighted by atomic mass is 10.2. The second kappa shape index (κ2) is 8.26. The fourth-order valence-corrected chi connectivity index (χ4v) is 0.741. The molecule has 14 heavy (non-hydrogen) atoms. The normalized spacial score (nSPS) is 8.71. The molecule has 1 rings (SSSR count). The fraction of sp³-hybridized carbons (Fsp3) is 0.364. The number of rotatable bonds is 3.